The minimum absolute atomic E-state index is 0.0385. The number of rotatable bonds is 6. The van der Waals surface area contributed by atoms with Crippen molar-refractivity contribution in [2.24, 2.45) is 0 Å². The molecule has 146 valence electrons. The van der Waals surface area contributed by atoms with Crippen molar-refractivity contribution >= 4 is 7.69 Å². The molecule has 2 aromatic carbocycles. The lowest BCUT2D eigenvalue weighted by Crippen LogP contribution is -2.16. The Kier molecular flexibility index (Phi) is 6.35. The zero-order valence-corrected chi connectivity index (χ0v) is 17.8. The van der Waals surface area contributed by atoms with Crippen LogP contribution >= 0.6 is 0 Å². The molecule has 0 aliphatic rings. The molecule has 0 unspecified atom stereocenters. The van der Waals surface area contributed by atoms with Gasteiger partial charge in [0.25, 0.3) is 0 Å². The number of hydrogen-bond donors (Lipinski definition) is 0. The second kappa shape index (κ2) is 8.16. The van der Waals surface area contributed by atoms with Gasteiger partial charge in [-0.1, -0.05) is 41.5 Å². The topological polar surface area (TPSA) is 36.9 Å². The maximum Gasteiger partial charge on any atom is 0.576 e. The third-order valence-corrected chi connectivity index (χ3v) is 4.41. The Labute approximate surface area is 164 Å². The highest BCUT2D eigenvalue weighted by Gasteiger charge is 2.21. The van der Waals surface area contributed by atoms with E-state index in [1.807, 2.05) is 36.4 Å². The maximum atomic E-state index is 5.82. The average Bonchev–Trinajstić information content (AvgIpc) is 2.60. The predicted octanol–water partition coefficient (Wildman–Crippen LogP) is 5.02. The summed E-state index contributed by atoms with van der Waals surface area (Å²) in [6, 6.07) is 11.7. The Bertz CT molecular complexity index is 707. The fourth-order valence-corrected chi connectivity index (χ4v) is 2.89. The van der Waals surface area contributed by atoms with Crippen LogP contribution in [0.15, 0.2) is 36.4 Å². The zero-order valence-electron chi connectivity index (χ0n) is 17.8. The van der Waals surface area contributed by atoms with Crippen molar-refractivity contribution in [2.45, 2.75) is 52.4 Å². The molecule has 0 saturated carbocycles. The van der Waals surface area contributed by atoms with Crippen LogP contribution in [0.3, 0.4) is 0 Å². The largest absolute Gasteiger partial charge is 0.576 e. The minimum Gasteiger partial charge on any atom is -0.529 e. The van der Waals surface area contributed by atoms with Crippen molar-refractivity contribution in [3.8, 4) is 23.0 Å². The molecule has 0 spiro atoms. The summed E-state index contributed by atoms with van der Waals surface area (Å²) in [7, 11) is 3.50. The van der Waals surface area contributed by atoms with E-state index in [0.29, 0.717) is 0 Å². The summed E-state index contributed by atoms with van der Waals surface area (Å²) < 4.78 is 22.6. The number of methoxy groups -OCH3 is 2. The molecule has 0 radical (unpaired) electrons. The molecule has 27 heavy (non-hydrogen) atoms. The molecule has 0 aliphatic carbocycles. The van der Waals surface area contributed by atoms with Gasteiger partial charge in [-0.05, 0) is 47.2 Å². The van der Waals surface area contributed by atoms with E-state index in [0.717, 1.165) is 34.1 Å². The van der Waals surface area contributed by atoms with E-state index < -0.39 is 0 Å². The monoisotopic (exact) mass is 370 g/mol. The molecule has 0 atom stereocenters. The highest BCUT2D eigenvalue weighted by atomic mass is 16.6. The van der Waals surface area contributed by atoms with Crippen LogP contribution < -0.4 is 18.8 Å². The molecule has 0 aliphatic heterocycles. The standard InChI is InChI=1S/C22H31BO4/c1-21(2,3)17-13-15(9-11-19(17)24-7)26-23-27-16-10-12-20(25-8)18(14-16)22(4,5)6/h9-14,23H,1-8H3. The van der Waals surface area contributed by atoms with Gasteiger partial charge in [0, 0.05) is 11.1 Å². The molecule has 4 nitrogen and oxygen atoms in total. The lowest BCUT2D eigenvalue weighted by atomic mass is 9.86. The minimum atomic E-state index is -0.0385. The quantitative estimate of drug-likeness (QED) is 0.669. The molecular formula is C22H31BO4. The molecule has 0 amide bonds. The van der Waals surface area contributed by atoms with E-state index in [2.05, 4.69) is 41.5 Å². The summed E-state index contributed by atoms with van der Waals surface area (Å²) in [5, 5.41) is 0. The normalized spacial score (nSPS) is 11.7. The Morgan fingerprint density at radius 1 is 0.630 bits per heavy atom. The van der Waals surface area contributed by atoms with E-state index in [4.69, 9.17) is 18.8 Å². The number of hydrogen-bond acceptors (Lipinski definition) is 4. The Hall–Kier alpha value is -2.30. The molecule has 2 aromatic rings. The first kappa shape index (κ1) is 21.0. The Balaban J connectivity index is 2.11. The van der Waals surface area contributed by atoms with Crippen LogP contribution in [0.25, 0.3) is 0 Å². The number of ether oxygens (including phenoxy) is 2. The van der Waals surface area contributed by atoms with E-state index in [1.54, 1.807) is 14.2 Å². The highest BCUT2D eigenvalue weighted by molar-refractivity contribution is 6.20. The van der Waals surface area contributed by atoms with Gasteiger partial charge >= 0.3 is 7.69 Å². The van der Waals surface area contributed by atoms with Crippen molar-refractivity contribution in [3.05, 3.63) is 47.5 Å². The number of benzene rings is 2. The second-order valence-corrected chi connectivity index (χ2v) is 8.63. The molecular weight excluding hydrogens is 339 g/mol. The van der Waals surface area contributed by atoms with Gasteiger partial charge in [0.05, 0.1) is 14.2 Å². The van der Waals surface area contributed by atoms with Gasteiger partial charge in [0.1, 0.15) is 23.0 Å². The molecule has 0 bridgehead atoms. The van der Waals surface area contributed by atoms with Crippen LogP contribution in [0, 0.1) is 0 Å². The molecule has 0 heterocycles. The third kappa shape index (κ3) is 5.35. The summed E-state index contributed by atoms with van der Waals surface area (Å²) in [6.45, 7) is 12.9. The molecule has 5 heteroatoms. The van der Waals surface area contributed by atoms with Crippen molar-refractivity contribution in [3.63, 3.8) is 0 Å². The van der Waals surface area contributed by atoms with Crippen LogP contribution in [-0.2, 0) is 10.8 Å². The van der Waals surface area contributed by atoms with Gasteiger partial charge in [-0.25, -0.2) is 0 Å². The van der Waals surface area contributed by atoms with Gasteiger partial charge in [-0.3, -0.25) is 0 Å². The van der Waals surface area contributed by atoms with E-state index in [-0.39, 0.29) is 18.5 Å². The molecule has 0 N–H and O–H groups in total. The van der Waals surface area contributed by atoms with Crippen molar-refractivity contribution in [1.82, 2.24) is 0 Å². The van der Waals surface area contributed by atoms with Crippen LogP contribution in [-0.4, -0.2) is 21.9 Å². The lowest BCUT2D eigenvalue weighted by molar-refractivity contribution is 0.393. The smallest absolute Gasteiger partial charge is 0.529 e. The van der Waals surface area contributed by atoms with Gasteiger partial charge in [0.2, 0.25) is 0 Å². The summed E-state index contributed by atoms with van der Waals surface area (Å²) in [5.74, 6) is 3.23. The average molecular weight is 370 g/mol. The van der Waals surface area contributed by atoms with Crippen LogP contribution in [0.5, 0.6) is 23.0 Å². The SMILES string of the molecule is COc1ccc(OBOc2ccc(OC)c(C(C)(C)C)c2)cc1C(C)(C)C. The summed E-state index contributed by atoms with van der Waals surface area (Å²) in [6.07, 6.45) is 0. The van der Waals surface area contributed by atoms with E-state index in [9.17, 15) is 0 Å². The molecule has 0 aromatic heterocycles. The fraction of sp³-hybridized carbons (Fsp3) is 0.455. The summed E-state index contributed by atoms with van der Waals surface area (Å²) in [5.41, 5.74) is 2.12. The predicted molar refractivity (Wildman–Crippen MR) is 112 cm³/mol. The maximum absolute atomic E-state index is 5.82. The van der Waals surface area contributed by atoms with Crippen molar-refractivity contribution < 1.29 is 18.8 Å². The highest BCUT2D eigenvalue weighted by Crippen LogP contribution is 2.35. The van der Waals surface area contributed by atoms with E-state index >= 15 is 0 Å². The summed E-state index contributed by atoms with van der Waals surface area (Å²) >= 11 is 0. The zero-order chi connectivity index (χ0) is 20.2. The molecule has 0 fully saturated rings. The lowest BCUT2D eigenvalue weighted by Gasteiger charge is -2.23. The van der Waals surface area contributed by atoms with Crippen LogP contribution in [0.4, 0.5) is 0 Å². The van der Waals surface area contributed by atoms with Gasteiger partial charge in [0.15, 0.2) is 0 Å². The molecule has 0 saturated heterocycles. The first-order valence-electron chi connectivity index (χ1n) is 9.19. The second-order valence-electron chi connectivity index (χ2n) is 8.63. The Morgan fingerprint density at radius 2 is 1.00 bits per heavy atom. The van der Waals surface area contributed by atoms with Crippen LogP contribution in [0.2, 0.25) is 0 Å². The Morgan fingerprint density at radius 3 is 1.30 bits per heavy atom. The first-order chi connectivity index (χ1) is 12.6. The van der Waals surface area contributed by atoms with Crippen molar-refractivity contribution in [2.75, 3.05) is 14.2 Å². The third-order valence-electron chi connectivity index (χ3n) is 4.41. The van der Waals surface area contributed by atoms with Gasteiger partial charge in [-0.15, -0.1) is 0 Å². The van der Waals surface area contributed by atoms with E-state index in [1.165, 1.54) is 0 Å². The molecule has 2 rings (SSSR count). The van der Waals surface area contributed by atoms with Crippen molar-refractivity contribution in [1.29, 1.82) is 0 Å². The van der Waals surface area contributed by atoms with Gasteiger partial charge < -0.3 is 18.8 Å². The fourth-order valence-electron chi connectivity index (χ4n) is 2.89. The first-order valence-corrected chi connectivity index (χ1v) is 9.19. The van der Waals surface area contributed by atoms with Gasteiger partial charge in [-0.2, -0.15) is 0 Å². The van der Waals surface area contributed by atoms with Crippen LogP contribution in [0.1, 0.15) is 52.7 Å². The summed E-state index contributed by atoms with van der Waals surface area (Å²) in [4.78, 5) is 0.